The van der Waals surface area contributed by atoms with Gasteiger partial charge in [-0.3, -0.25) is 4.79 Å². The minimum Gasteiger partial charge on any atom is -0.363 e. The van der Waals surface area contributed by atoms with E-state index in [2.05, 4.69) is 6.07 Å². The van der Waals surface area contributed by atoms with E-state index in [1.54, 1.807) is 0 Å². The van der Waals surface area contributed by atoms with E-state index in [0.717, 1.165) is 44.5 Å². The number of hydrogen-bond donors (Lipinski definition) is 1. The standard InChI is InChI=1S/C16H22N2O2/c17-11-12-5-8-18(9-6-12)16(19)15-14-4-2-1-3-13(14)7-10-20-15/h1-4,12,15H,5-11,17H2. The van der Waals surface area contributed by atoms with E-state index in [0.29, 0.717) is 12.5 Å². The van der Waals surface area contributed by atoms with Crippen molar-refractivity contribution in [3.05, 3.63) is 35.4 Å². The highest BCUT2D eigenvalue weighted by molar-refractivity contribution is 5.83. The average Bonchev–Trinajstić information content (AvgIpc) is 2.54. The molecule has 1 saturated heterocycles. The summed E-state index contributed by atoms with van der Waals surface area (Å²) in [6.45, 7) is 2.98. The summed E-state index contributed by atoms with van der Waals surface area (Å²) in [5.41, 5.74) is 7.99. The van der Waals surface area contributed by atoms with Crippen LogP contribution in [-0.4, -0.2) is 37.0 Å². The van der Waals surface area contributed by atoms with Gasteiger partial charge in [-0.05, 0) is 42.9 Å². The number of nitrogens with zero attached hydrogens (tertiary/aromatic N) is 1. The highest BCUT2D eigenvalue weighted by atomic mass is 16.5. The SMILES string of the molecule is NCC1CCN(C(=O)C2OCCc3ccccc32)CC1. The molecule has 1 atom stereocenters. The lowest BCUT2D eigenvalue weighted by Crippen LogP contribution is -2.43. The fourth-order valence-electron chi connectivity index (χ4n) is 3.15. The summed E-state index contributed by atoms with van der Waals surface area (Å²) in [7, 11) is 0. The van der Waals surface area contributed by atoms with Crippen LogP contribution in [0.4, 0.5) is 0 Å². The number of likely N-dealkylation sites (tertiary alicyclic amines) is 1. The zero-order valence-corrected chi connectivity index (χ0v) is 11.8. The largest absolute Gasteiger partial charge is 0.363 e. The van der Waals surface area contributed by atoms with Crippen LogP contribution >= 0.6 is 0 Å². The van der Waals surface area contributed by atoms with E-state index in [-0.39, 0.29) is 5.91 Å². The maximum absolute atomic E-state index is 12.7. The molecule has 4 nitrogen and oxygen atoms in total. The molecule has 1 unspecified atom stereocenters. The van der Waals surface area contributed by atoms with Crippen LogP contribution < -0.4 is 5.73 Å². The van der Waals surface area contributed by atoms with Gasteiger partial charge in [-0.25, -0.2) is 0 Å². The smallest absolute Gasteiger partial charge is 0.256 e. The first kappa shape index (κ1) is 13.6. The number of amides is 1. The molecule has 4 heteroatoms. The van der Waals surface area contributed by atoms with Crippen LogP contribution in [0.1, 0.15) is 30.1 Å². The number of benzene rings is 1. The van der Waals surface area contributed by atoms with Crippen LogP contribution in [0.5, 0.6) is 0 Å². The van der Waals surface area contributed by atoms with Gasteiger partial charge in [0.15, 0.2) is 6.10 Å². The predicted octanol–water partition coefficient (Wildman–Crippen LogP) is 1.50. The Morgan fingerprint density at radius 1 is 1.30 bits per heavy atom. The third kappa shape index (κ3) is 2.58. The van der Waals surface area contributed by atoms with Crippen molar-refractivity contribution in [1.29, 1.82) is 0 Å². The van der Waals surface area contributed by atoms with E-state index < -0.39 is 6.10 Å². The minimum atomic E-state index is -0.408. The quantitative estimate of drug-likeness (QED) is 0.889. The third-order valence-corrected chi connectivity index (χ3v) is 4.48. The van der Waals surface area contributed by atoms with Gasteiger partial charge < -0.3 is 15.4 Å². The molecule has 0 bridgehead atoms. The molecule has 2 aliphatic heterocycles. The monoisotopic (exact) mass is 274 g/mol. The fourth-order valence-corrected chi connectivity index (χ4v) is 3.15. The molecule has 2 heterocycles. The number of carbonyl (C=O) groups excluding carboxylic acids is 1. The van der Waals surface area contributed by atoms with E-state index in [1.807, 2.05) is 23.1 Å². The van der Waals surface area contributed by atoms with Crippen LogP contribution in [0.25, 0.3) is 0 Å². The Balaban J connectivity index is 1.72. The Labute approximate surface area is 119 Å². The van der Waals surface area contributed by atoms with Crippen LogP contribution in [0.3, 0.4) is 0 Å². The second-order valence-corrected chi connectivity index (χ2v) is 5.70. The lowest BCUT2D eigenvalue weighted by molar-refractivity contribution is -0.146. The molecule has 1 fully saturated rings. The third-order valence-electron chi connectivity index (χ3n) is 4.48. The molecule has 0 radical (unpaired) electrons. The highest BCUT2D eigenvalue weighted by Crippen LogP contribution is 2.29. The van der Waals surface area contributed by atoms with Gasteiger partial charge in [0.05, 0.1) is 6.61 Å². The maximum atomic E-state index is 12.7. The summed E-state index contributed by atoms with van der Waals surface area (Å²) in [6, 6.07) is 8.12. The molecular weight excluding hydrogens is 252 g/mol. The maximum Gasteiger partial charge on any atom is 0.256 e. The Morgan fingerprint density at radius 3 is 2.80 bits per heavy atom. The number of nitrogens with two attached hydrogens (primary N) is 1. The molecule has 1 amide bonds. The Hall–Kier alpha value is -1.39. The number of hydrogen-bond acceptors (Lipinski definition) is 3. The summed E-state index contributed by atoms with van der Waals surface area (Å²) in [5, 5.41) is 0. The molecule has 3 rings (SSSR count). The Kier molecular flexibility index (Phi) is 4.03. The first-order valence-corrected chi connectivity index (χ1v) is 7.48. The van der Waals surface area contributed by atoms with Crippen LogP contribution in [0.2, 0.25) is 0 Å². The van der Waals surface area contributed by atoms with Crippen LogP contribution in [0.15, 0.2) is 24.3 Å². The molecule has 1 aromatic rings. The van der Waals surface area contributed by atoms with E-state index in [1.165, 1.54) is 5.56 Å². The lowest BCUT2D eigenvalue weighted by atomic mass is 9.94. The van der Waals surface area contributed by atoms with E-state index in [4.69, 9.17) is 10.5 Å². The van der Waals surface area contributed by atoms with Gasteiger partial charge in [-0.2, -0.15) is 0 Å². The van der Waals surface area contributed by atoms with Gasteiger partial charge in [0.2, 0.25) is 0 Å². The number of rotatable bonds is 2. The summed E-state index contributed by atoms with van der Waals surface area (Å²) in [5.74, 6) is 0.686. The summed E-state index contributed by atoms with van der Waals surface area (Å²) in [6.07, 6.45) is 2.51. The molecule has 2 N–H and O–H groups in total. The molecule has 0 aromatic heterocycles. The van der Waals surface area contributed by atoms with Gasteiger partial charge in [0.25, 0.3) is 5.91 Å². The topological polar surface area (TPSA) is 55.6 Å². The summed E-state index contributed by atoms with van der Waals surface area (Å²) >= 11 is 0. The molecule has 0 aliphatic carbocycles. The molecule has 108 valence electrons. The van der Waals surface area contributed by atoms with Crippen molar-refractivity contribution in [2.45, 2.75) is 25.4 Å². The average molecular weight is 274 g/mol. The minimum absolute atomic E-state index is 0.118. The van der Waals surface area contributed by atoms with Crippen molar-refractivity contribution in [3.63, 3.8) is 0 Å². The first-order valence-electron chi connectivity index (χ1n) is 7.48. The molecule has 2 aliphatic rings. The van der Waals surface area contributed by atoms with Crippen molar-refractivity contribution in [3.8, 4) is 0 Å². The number of ether oxygens (including phenoxy) is 1. The molecule has 20 heavy (non-hydrogen) atoms. The van der Waals surface area contributed by atoms with Crippen molar-refractivity contribution >= 4 is 5.91 Å². The number of fused-ring (bicyclic) bond motifs is 1. The van der Waals surface area contributed by atoms with E-state index in [9.17, 15) is 4.79 Å². The van der Waals surface area contributed by atoms with Crippen molar-refractivity contribution in [2.24, 2.45) is 11.7 Å². The first-order chi connectivity index (χ1) is 9.79. The van der Waals surface area contributed by atoms with Gasteiger partial charge in [-0.1, -0.05) is 24.3 Å². The normalized spacial score (nSPS) is 23.4. The Morgan fingerprint density at radius 2 is 2.05 bits per heavy atom. The molecular formula is C16H22N2O2. The number of piperidine rings is 1. The van der Waals surface area contributed by atoms with Crippen molar-refractivity contribution in [1.82, 2.24) is 4.90 Å². The predicted molar refractivity (Wildman–Crippen MR) is 77.2 cm³/mol. The summed E-state index contributed by atoms with van der Waals surface area (Å²) < 4.78 is 5.76. The second-order valence-electron chi connectivity index (χ2n) is 5.70. The van der Waals surface area contributed by atoms with Crippen LogP contribution in [-0.2, 0) is 16.0 Å². The number of carbonyl (C=O) groups is 1. The Bertz CT molecular complexity index is 481. The van der Waals surface area contributed by atoms with E-state index >= 15 is 0 Å². The molecule has 0 spiro atoms. The van der Waals surface area contributed by atoms with Gasteiger partial charge in [-0.15, -0.1) is 0 Å². The molecule has 0 saturated carbocycles. The van der Waals surface area contributed by atoms with Crippen LogP contribution in [0, 0.1) is 5.92 Å². The fraction of sp³-hybridized carbons (Fsp3) is 0.562. The lowest BCUT2D eigenvalue weighted by Gasteiger charge is -2.35. The zero-order chi connectivity index (χ0) is 13.9. The van der Waals surface area contributed by atoms with Crippen molar-refractivity contribution in [2.75, 3.05) is 26.2 Å². The second kappa shape index (κ2) is 5.94. The zero-order valence-electron chi connectivity index (χ0n) is 11.8. The van der Waals surface area contributed by atoms with Gasteiger partial charge in [0, 0.05) is 13.1 Å². The summed E-state index contributed by atoms with van der Waals surface area (Å²) in [4.78, 5) is 14.6. The molecule has 1 aromatic carbocycles. The van der Waals surface area contributed by atoms with Crippen molar-refractivity contribution < 1.29 is 9.53 Å². The highest BCUT2D eigenvalue weighted by Gasteiger charge is 2.32. The van der Waals surface area contributed by atoms with Gasteiger partial charge in [0.1, 0.15) is 0 Å². The van der Waals surface area contributed by atoms with Gasteiger partial charge >= 0.3 is 0 Å².